The zero-order valence-electron chi connectivity index (χ0n) is 16.7. The lowest BCUT2D eigenvalue weighted by Crippen LogP contribution is -2.42. The normalized spacial score (nSPS) is 17.2. The molecule has 1 saturated heterocycles. The number of hydrogen-bond acceptors (Lipinski definition) is 6. The molecule has 1 aromatic heterocycles. The minimum Gasteiger partial charge on any atom is -0.369 e. The van der Waals surface area contributed by atoms with Crippen molar-refractivity contribution in [3.63, 3.8) is 0 Å². The van der Waals surface area contributed by atoms with E-state index in [1.54, 1.807) is 23.1 Å². The van der Waals surface area contributed by atoms with Crippen LogP contribution in [0, 0.1) is 12.8 Å². The predicted octanol–water partition coefficient (Wildman–Crippen LogP) is 3.06. The summed E-state index contributed by atoms with van der Waals surface area (Å²) in [5, 5.41) is 6.15. The van der Waals surface area contributed by atoms with Crippen molar-refractivity contribution in [3.05, 3.63) is 45.9 Å². The Labute approximate surface area is 180 Å². The summed E-state index contributed by atoms with van der Waals surface area (Å²) in [6.45, 7) is 5.24. The van der Waals surface area contributed by atoms with Crippen LogP contribution in [0.1, 0.15) is 40.3 Å². The van der Waals surface area contributed by atoms with Crippen LogP contribution in [0.3, 0.4) is 0 Å². The van der Waals surface area contributed by atoms with Crippen LogP contribution in [0.4, 0.5) is 0 Å². The minimum absolute atomic E-state index is 0.0331. The average Bonchev–Trinajstić information content (AvgIpc) is 3.15. The van der Waals surface area contributed by atoms with Crippen LogP contribution in [0.15, 0.2) is 34.5 Å². The van der Waals surface area contributed by atoms with Crippen molar-refractivity contribution in [2.45, 2.75) is 36.8 Å². The summed E-state index contributed by atoms with van der Waals surface area (Å²) < 4.78 is 0. The van der Waals surface area contributed by atoms with Crippen molar-refractivity contribution in [2.24, 2.45) is 11.7 Å². The fraction of sp³-hybridized carbons (Fsp3) is 0.476. The maximum atomic E-state index is 12.3. The predicted molar refractivity (Wildman–Crippen MR) is 118 cm³/mol. The summed E-state index contributed by atoms with van der Waals surface area (Å²) in [6, 6.07) is 7.70. The number of carbonyl (C=O) groups excluding carboxylic acids is 2. The van der Waals surface area contributed by atoms with Crippen LogP contribution in [-0.4, -0.2) is 47.9 Å². The summed E-state index contributed by atoms with van der Waals surface area (Å²) in [5.74, 6) is 0.550. The summed E-state index contributed by atoms with van der Waals surface area (Å²) in [6.07, 6.45) is 2.75. The van der Waals surface area contributed by atoms with Gasteiger partial charge in [-0.3, -0.25) is 9.59 Å². The van der Waals surface area contributed by atoms with Gasteiger partial charge in [0.25, 0.3) is 5.91 Å². The number of rotatable bonds is 9. The highest BCUT2D eigenvalue weighted by Crippen LogP contribution is 2.24. The van der Waals surface area contributed by atoms with Gasteiger partial charge in [0.2, 0.25) is 5.91 Å². The Kier molecular flexibility index (Phi) is 8.09. The highest BCUT2D eigenvalue weighted by atomic mass is 32.2. The number of nitrogens with zero attached hydrogens (tertiary/aromatic N) is 2. The lowest BCUT2D eigenvalue weighted by molar-refractivity contribution is -0.123. The van der Waals surface area contributed by atoms with Crippen LogP contribution >= 0.6 is 23.1 Å². The van der Waals surface area contributed by atoms with Crippen LogP contribution in [0.25, 0.3) is 0 Å². The molecule has 1 atom stereocenters. The number of benzene rings is 1. The summed E-state index contributed by atoms with van der Waals surface area (Å²) in [5.41, 5.74) is 7.19. The number of nitrogens with one attached hydrogen (secondary N) is 1. The van der Waals surface area contributed by atoms with Gasteiger partial charge in [-0.15, -0.1) is 23.1 Å². The Balaban J connectivity index is 1.36. The molecule has 8 heteroatoms. The number of likely N-dealkylation sites (tertiary alicyclic amines) is 1. The Bertz CT molecular complexity index is 822. The maximum absolute atomic E-state index is 12.3. The molecule has 0 bridgehead atoms. The van der Waals surface area contributed by atoms with E-state index in [9.17, 15) is 9.59 Å². The van der Waals surface area contributed by atoms with Crippen molar-refractivity contribution >= 4 is 34.9 Å². The molecule has 0 aliphatic carbocycles. The van der Waals surface area contributed by atoms with Gasteiger partial charge in [-0.1, -0.05) is 0 Å². The van der Waals surface area contributed by atoms with Gasteiger partial charge in [-0.2, -0.15) is 0 Å². The Morgan fingerprint density at radius 3 is 2.83 bits per heavy atom. The molecule has 3 N–H and O–H groups in total. The van der Waals surface area contributed by atoms with E-state index in [-0.39, 0.29) is 17.7 Å². The molecule has 2 amide bonds. The number of thioether (sulfide) groups is 1. The fourth-order valence-electron chi connectivity index (χ4n) is 3.43. The second kappa shape index (κ2) is 10.8. The maximum Gasteiger partial charge on any atom is 0.251 e. The molecule has 0 radical (unpaired) electrons. The quantitative estimate of drug-likeness (QED) is 0.470. The van der Waals surface area contributed by atoms with E-state index >= 15 is 0 Å². The van der Waals surface area contributed by atoms with Gasteiger partial charge in [0.05, 0.1) is 16.6 Å². The van der Waals surface area contributed by atoms with E-state index in [1.165, 1.54) is 0 Å². The summed E-state index contributed by atoms with van der Waals surface area (Å²) >= 11 is 3.39. The van der Waals surface area contributed by atoms with E-state index in [4.69, 9.17) is 5.73 Å². The van der Waals surface area contributed by atoms with Crippen molar-refractivity contribution in [3.8, 4) is 0 Å². The van der Waals surface area contributed by atoms with Gasteiger partial charge in [0.15, 0.2) is 0 Å². The largest absolute Gasteiger partial charge is 0.369 e. The first kappa shape index (κ1) is 21.8. The number of aryl methyl sites for hydroxylation is 1. The van der Waals surface area contributed by atoms with E-state index in [2.05, 4.69) is 20.6 Å². The van der Waals surface area contributed by atoms with Crippen LogP contribution in [0.5, 0.6) is 0 Å². The highest BCUT2D eigenvalue weighted by Gasteiger charge is 2.23. The molecule has 6 nitrogen and oxygen atoms in total. The number of nitrogens with two attached hydrogens (primary N) is 1. The first-order valence-electron chi connectivity index (χ1n) is 9.95. The van der Waals surface area contributed by atoms with Gasteiger partial charge in [0, 0.05) is 34.7 Å². The minimum atomic E-state index is -0.202. The SMILES string of the molecule is Cc1nc(CSc2ccc(C(=O)NCCCN3CCCC(C(N)=O)C3)cc2)cs1. The van der Waals surface area contributed by atoms with Crippen molar-refractivity contribution < 1.29 is 9.59 Å². The third kappa shape index (κ3) is 6.83. The van der Waals surface area contributed by atoms with Crippen molar-refractivity contribution in [2.75, 3.05) is 26.2 Å². The highest BCUT2D eigenvalue weighted by molar-refractivity contribution is 7.98. The molecule has 0 spiro atoms. The molecular formula is C21H28N4O2S2. The Morgan fingerprint density at radius 1 is 1.34 bits per heavy atom. The summed E-state index contributed by atoms with van der Waals surface area (Å²) in [4.78, 5) is 31.5. The third-order valence-corrected chi connectivity index (χ3v) is 6.88. The molecule has 2 aromatic rings. The number of piperidine rings is 1. The Hall–Kier alpha value is -1.90. The number of carbonyl (C=O) groups is 2. The van der Waals surface area contributed by atoms with Gasteiger partial charge in [-0.25, -0.2) is 4.98 Å². The van der Waals surface area contributed by atoms with E-state index in [1.807, 2.05) is 31.2 Å². The lowest BCUT2D eigenvalue weighted by Gasteiger charge is -2.31. The molecule has 1 unspecified atom stereocenters. The second-order valence-electron chi connectivity index (χ2n) is 7.32. The molecule has 1 aliphatic heterocycles. The third-order valence-electron chi connectivity index (χ3n) is 5.01. The zero-order valence-corrected chi connectivity index (χ0v) is 18.4. The molecule has 1 fully saturated rings. The second-order valence-corrected chi connectivity index (χ2v) is 9.43. The van der Waals surface area contributed by atoms with E-state index < -0.39 is 0 Å². The number of amides is 2. The van der Waals surface area contributed by atoms with Crippen molar-refractivity contribution in [1.29, 1.82) is 0 Å². The number of thiazole rings is 1. The molecule has 1 aromatic carbocycles. The van der Waals surface area contributed by atoms with Gasteiger partial charge >= 0.3 is 0 Å². The topological polar surface area (TPSA) is 88.3 Å². The molecule has 3 rings (SSSR count). The van der Waals surface area contributed by atoms with Crippen molar-refractivity contribution in [1.82, 2.24) is 15.2 Å². The molecule has 0 saturated carbocycles. The van der Waals surface area contributed by atoms with Gasteiger partial charge in [0.1, 0.15) is 0 Å². The van der Waals surface area contributed by atoms with Gasteiger partial charge in [-0.05, 0) is 63.5 Å². The molecular weight excluding hydrogens is 404 g/mol. The van der Waals surface area contributed by atoms with Crippen LogP contribution in [0.2, 0.25) is 0 Å². The lowest BCUT2D eigenvalue weighted by atomic mass is 9.97. The number of primary amides is 1. The smallest absolute Gasteiger partial charge is 0.251 e. The molecule has 156 valence electrons. The zero-order chi connectivity index (χ0) is 20.6. The Morgan fingerprint density at radius 2 is 2.14 bits per heavy atom. The molecule has 29 heavy (non-hydrogen) atoms. The standard InChI is InChI=1S/C21H28N4O2S2/c1-15-24-18(13-28-15)14-29-19-7-5-16(6-8-19)21(27)23-9-3-11-25-10-2-4-17(12-25)20(22)26/h5-8,13,17H,2-4,9-12,14H2,1H3,(H2,22,26)(H,23,27). The van der Waals surface area contributed by atoms with E-state index in [0.29, 0.717) is 12.1 Å². The monoisotopic (exact) mass is 432 g/mol. The first-order chi connectivity index (χ1) is 14.0. The number of aromatic nitrogens is 1. The fourth-order valence-corrected chi connectivity index (χ4v) is 4.94. The van der Waals surface area contributed by atoms with Gasteiger partial charge < -0.3 is 16.0 Å². The number of hydrogen-bond donors (Lipinski definition) is 2. The van der Waals surface area contributed by atoms with Crippen LogP contribution in [-0.2, 0) is 10.5 Å². The first-order valence-corrected chi connectivity index (χ1v) is 11.8. The molecule has 2 heterocycles. The molecule has 1 aliphatic rings. The van der Waals surface area contributed by atoms with E-state index in [0.717, 1.165) is 60.2 Å². The van der Waals surface area contributed by atoms with Crippen LogP contribution < -0.4 is 11.1 Å². The average molecular weight is 433 g/mol. The summed E-state index contributed by atoms with van der Waals surface area (Å²) in [7, 11) is 0.